The molecule has 112 heavy (non-hydrogen) atoms. The molecule has 0 unspecified atom stereocenters. The van der Waals surface area contributed by atoms with Gasteiger partial charge in [-0.05, 0) is 292 Å². The van der Waals surface area contributed by atoms with Crippen LogP contribution in [0.1, 0.15) is 11.1 Å². The van der Waals surface area contributed by atoms with Crippen LogP contribution in [0.25, 0.3) is 116 Å². The molecular weight excluding hydrogens is 1430 g/mol. The van der Waals surface area contributed by atoms with Crippen molar-refractivity contribution in [3.8, 4) is 11.1 Å². The Morgan fingerprint density at radius 2 is 0.393 bits per heavy atom. The summed E-state index contributed by atoms with van der Waals surface area (Å²) in [6, 6.07) is 122. The SMILES string of the molecule is Cc1ccc(N(c2ccccc2)c2ccc(-c3ccc(N(c4ccc5occc5c4)c4ccc5sc6ccc(N(c7ccc8occc8c7)c7ccc8sc9ccc(N(c%10ccc%11occc%11c%10)c%10ccc%11sc%12ccc(N(c%13ccc(C)cc%13)c%13ccc%14occc%14c%13)cc%12c%11c%10)cc9c8c7)cc6c5c4)cc3)cc2)cc1. The Morgan fingerprint density at radius 3 is 0.661 bits per heavy atom. The highest BCUT2D eigenvalue weighted by Gasteiger charge is 2.25. The highest BCUT2D eigenvalue weighted by atomic mass is 32.1. The van der Waals surface area contributed by atoms with Gasteiger partial charge in [0.15, 0.2) is 0 Å². The monoisotopic (exact) mass is 1500 g/mol. The lowest BCUT2D eigenvalue weighted by Gasteiger charge is -2.27. The van der Waals surface area contributed by atoms with Crippen molar-refractivity contribution in [2.75, 3.05) is 24.5 Å². The van der Waals surface area contributed by atoms with E-state index in [1.54, 1.807) is 25.1 Å². The highest BCUT2D eigenvalue weighted by Crippen LogP contribution is 2.50. The van der Waals surface area contributed by atoms with Crippen molar-refractivity contribution in [3.05, 3.63) is 370 Å². The molecule has 9 nitrogen and oxygen atoms in total. The third-order valence-corrected chi connectivity index (χ3v) is 25.3. The lowest BCUT2D eigenvalue weighted by molar-refractivity contribution is 0.615. The third-order valence-electron chi connectivity index (χ3n) is 21.8. The normalized spacial score (nSPS) is 11.8. The number of fused-ring (bicyclic) bond motifs is 13. The van der Waals surface area contributed by atoms with Gasteiger partial charge in [0, 0.05) is 167 Å². The van der Waals surface area contributed by atoms with Crippen LogP contribution in [0.3, 0.4) is 0 Å². The molecule has 0 aliphatic carbocycles. The molecule has 7 heterocycles. The van der Waals surface area contributed by atoms with Gasteiger partial charge in [-0.15, -0.1) is 34.0 Å². The van der Waals surface area contributed by atoms with Crippen molar-refractivity contribution in [1.29, 1.82) is 0 Å². The van der Waals surface area contributed by atoms with Gasteiger partial charge in [0.05, 0.1) is 25.1 Å². The summed E-state index contributed by atoms with van der Waals surface area (Å²) in [5.41, 5.74) is 23.9. The predicted molar refractivity (Wildman–Crippen MR) is 473 cm³/mol. The van der Waals surface area contributed by atoms with E-state index in [1.807, 2.05) is 52.2 Å². The molecule has 0 amide bonds. The zero-order valence-corrected chi connectivity index (χ0v) is 63.1. The molecule has 532 valence electrons. The lowest BCUT2D eigenvalue weighted by atomic mass is 10.0. The summed E-state index contributed by atoms with van der Waals surface area (Å²) in [5.74, 6) is 0. The Kier molecular flexibility index (Phi) is 15.4. The van der Waals surface area contributed by atoms with Crippen LogP contribution in [0.5, 0.6) is 0 Å². The maximum absolute atomic E-state index is 6.00. The van der Waals surface area contributed by atoms with Gasteiger partial charge in [-0.25, -0.2) is 0 Å². The van der Waals surface area contributed by atoms with Gasteiger partial charge in [-0.3, -0.25) is 0 Å². The van der Waals surface area contributed by atoms with Crippen LogP contribution in [0.15, 0.2) is 376 Å². The summed E-state index contributed by atoms with van der Waals surface area (Å²) in [4.78, 5) is 11.8. The van der Waals surface area contributed by atoms with E-state index in [4.69, 9.17) is 17.7 Å². The molecule has 0 aliphatic rings. The second-order valence-corrected chi connectivity index (χ2v) is 32.0. The smallest absolute Gasteiger partial charge is 0.133 e. The van der Waals surface area contributed by atoms with Crippen molar-refractivity contribution in [1.82, 2.24) is 0 Å². The third kappa shape index (κ3) is 11.4. The van der Waals surface area contributed by atoms with Gasteiger partial charge in [-0.2, -0.15) is 0 Å². The molecule has 15 aromatic carbocycles. The minimum Gasteiger partial charge on any atom is -0.464 e. The fourth-order valence-electron chi connectivity index (χ4n) is 16.3. The Bertz CT molecular complexity index is 7390. The highest BCUT2D eigenvalue weighted by molar-refractivity contribution is 7.26. The molecule has 0 atom stereocenters. The number of para-hydroxylation sites is 1. The van der Waals surface area contributed by atoms with Gasteiger partial charge < -0.3 is 42.2 Å². The van der Waals surface area contributed by atoms with Crippen LogP contribution in [-0.4, -0.2) is 0 Å². The minimum atomic E-state index is 0.837. The molecule has 0 saturated heterocycles. The molecular formula is C100H65N5O4S3. The number of rotatable bonds is 16. The van der Waals surface area contributed by atoms with Gasteiger partial charge in [0.25, 0.3) is 0 Å². The van der Waals surface area contributed by atoms with Crippen molar-refractivity contribution >= 4 is 224 Å². The van der Waals surface area contributed by atoms with Crippen LogP contribution >= 0.6 is 34.0 Å². The van der Waals surface area contributed by atoms with Crippen LogP contribution in [0.2, 0.25) is 0 Å². The standard InChI is InChI=1S/C100H65N5O4S3/c1-62-8-16-71(17-9-62)101(70-6-4-3-5-7-70)73-20-12-64(13-21-73)65-14-22-74(23-15-65)103(76-25-35-92-67(53-76)45-49-107-92)80-29-39-96-86(57-80)88-59-82(31-41-98(88)111-96)105(78-27-37-94-69(55-78)47-51-109-94)84-33-43-100-90(61-84)89-60-83(32-42-99(89)112-100)104(77-26-36-93-68(54-77)46-50-108-93)81-30-40-97-87(58-81)85-56-79(28-38-95(85)110-97)102(72-18-10-63(2)11-19-72)75-24-34-91-66(52-75)44-48-106-91/h3-61H,1-2H3. The van der Waals surface area contributed by atoms with E-state index in [-0.39, 0.29) is 0 Å². The molecule has 0 N–H and O–H groups in total. The summed E-state index contributed by atoms with van der Waals surface area (Å²) < 4.78 is 31.0. The number of nitrogens with zero attached hydrogens (tertiary/aromatic N) is 5. The van der Waals surface area contributed by atoms with E-state index in [0.29, 0.717) is 0 Å². The molecule has 22 rings (SSSR count). The van der Waals surface area contributed by atoms with E-state index in [9.17, 15) is 0 Å². The van der Waals surface area contributed by atoms with Crippen molar-refractivity contribution in [2.45, 2.75) is 13.8 Å². The molecule has 12 heteroatoms. The number of aryl methyl sites for hydroxylation is 2. The van der Waals surface area contributed by atoms with E-state index in [2.05, 4.69) is 354 Å². The topological polar surface area (TPSA) is 68.8 Å². The maximum atomic E-state index is 6.00. The number of hydrogen-bond acceptors (Lipinski definition) is 12. The van der Waals surface area contributed by atoms with E-state index < -0.39 is 0 Å². The van der Waals surface area contributed by atoms with Crippen LogP contribution in [0, 0.1) is 13.8 Å². The summed E-state index contributed by atoms with van der Waals surface area (Å²) in [7, 11) is 0. The summed E-state index contributed by atoms with van der Waals surface area (Å²) in [5, 5.41) is 11.2. The molecule has 0 fully saturated rings. The Morgan fingerprint density at radius 1 is 0.188 bits per heavy atom. The van der Waals surface area contributed by atoms with E-state index >= 15 is 0 Å². The average Bonchev–Trinajstić information content (AvgIpc) is 1.62. The fraction of sp³-hybridized carbons (Fsp3) is 0.0200. The van der Waals surface area contributed by atoms with Crippen LogP contribution < -0.4 is 24.5 Å². The quantitative estimate of drug-likeness (QED) is 0.0941. The molecule has 0 radical (unpaired) electrons. The number of benzene rings is 15. The van der Waals surface area contributed by atoms with Crippen LogP contribution in [0.4, 0.5) is 85.3 Å². The number of thiophene rings is 3. The molecule has 0 aliphatic heterocycles. The fourth-order valence-corrected chi connectivity index (χ4v) is 19.5. The first-order valence-electron chi connectivity index (χ1n) is 37.4. The lowest BCUT2D eigenvalue weighted by Crippen LogP contribution is -2.10. The maximum Gasteiger partial charge on any atom is 0.133 e. The van der Waals surface area contributed by atoms with Crippen molar-refractivity contribution in [2.24, 2.45) is 0 Å². The first kappa shape index (κ1) is 65.2. The summed E-state index contributed by atoms with van der Waals surface area (Å²) >= 11 is 5.48. The van der Waals surface area contributed by atoms with Crippen molar-refractivity contribution < 1.29 is 17.7 Å². The predicted octanol–water partition coefficient (Wildman–Crippen LogP) is 31.4. The first-order chi connectivity index (χ1) is 55.2. The van der Waals surface area contributed by atoms with Gasteiger partial charge in [0.1, 0.15) is 22.3 Å². The molecule has 7 aromatic heterocycles. The number of furan rings is 4. The molecule has 0 saturated carbocycles. The minimum absolute atomic E-state index is 0.837. The zero-order chi connectivity index (χ0) is 74.1. The Hall–Kier alpha value is -13.9. The van der Waals surface area contributed by atoms with Gasteiger partial charge in [0.2, 0.25) is 0 Å². The molecule has 0 bridgehead atoms. The zero-order valence-electron chi connectivity index (χ0n) is 60.7. The van der Waals surface area contributed by atoms with E-state index in [0.717, 1.165) is 140 Å². The molecule has 0 spiro atoms. The number of anilines is 15. The second kappa shape index (κ2) is 26.5. The second-order valence-electron chi connectivity index (χ2n) is 28.7. The van der Waals surface area contributed by atoms with Crippen molar-refractivity contribution in [3.63, 3.8) is 0 Å². The van der Waals surface area contributed by atoms with Gasteiger partial charge in [-0.1, -0.05) is 77.9 Å². The van der Waals surface area contributed by atoms with E-state index in [1.165, 1.54) is 71.6 Å². The largest absolute Gasteiger partial charge is 0.464 e. The Labute approximate surface area is 656 Å². The molecule has 22 aromatic rings. The van der Waals surface area contributed by atoms with Crippen LogP contribution in [-0.2, 0) is 0 Å². The summed E-state index contributed by atoms with van der Waals surface area (Å²) in [6.45, 7) is 4.26. The van der Waals surface area contributed by atoms with Gasteiger partial charge >= 0.3 is 0 Å². The number of hydrogen-bond donors (Lipinski definition) is 0. The Balaban J connectivity index is 0.639. The first-order valence-corrected chi connectivity index (χ1v) is 39.9. The summed E-state index contributed by atoms with van der Waals surface area (Å²) in [6.07, 6.45) is 7.07. The average molecular weight is 1500 g/mol.